The van der Waals surface area contributed by atoms with Crippen LogP contribution in [0.2, 0.25) is 5.02 Å². The lowest BCUT2D eigenvalue weighted by Crippen LogP contribution is -2.54. The van der Waals surface area contributed by atoms with Gasteiger partial charge in [-0.2, -0.15) is 0 Å². The maximum atomic E-state index is 13.9. The first-order valence-corrected chi connectivity index (χ1v) is 15.7. The van der Waals surface area contributed by atoms with Gasteiger partial charge in [-0.15, -0.1) is 0 Å². The molecule has 0 bridgehead atoms. The van der Waals surface area contributed by atoms with E-state index in [9.17, 15) is 26.8 Å². The molecule has 2 amide bonds. The summed E-state index contributed by atoms with van der Waals surface area (Å²) in [6, 6.07) is 18.3. The van der Waals surface area contributed by atoms with Gasteiger partial charge in [-0.25, -0.2) is 17.2 Å². The summed E-state index contributed by atoms with van der Waals surface area (Å²) in [5.41, 5.74) is 0.970. The van der Waals surface area contributed by atoms with E-state index in [1.54, 1.807) is 18.2 Å². The third kappa shape index (κ3) is 9.80. The molecule has 0 aliphatic heterocycles. The van der Waals surface area contributed by atoms with Crippen LogP contribution in [0.25, 0.3) is 0 Å². The molecule has 1 N–H and O–H groups in total. The van der Waals surface area contributed by atoms with E-state index >= 15 is 0 Å². The van der Waals surface area contributed by atoms with Crippen LogP contribution in [0.3, 0.4) is 0 Å². The number of benzene rings is 3. The lowest BCUT2D eigenvalue weighted by atomic mass is 10.00. The molecule has 0 aromatic heterocycles. The minimum Gasteiger partial charge on any atom is -0.350 e. The highest BCUT2D eigenvalue weighted by Crippen LogP contribution is 2.23. The van der Waals surface area contributed by atoms with Crippen molar-refractivity contribution in [2.45, 2.75) is 58.2 Å². The number of amides is 2. The molecular formula is C31H36ClF2N3O4S. The molecule has 0 saturated carbocycles. The maximum Gasteiger partial charge on any atom is 0.243 e. The van der Waals surface area contributed by atoms with Gasteiger partial charge >= 0.3 is 0 Å². The zero-order valence-corrected chi connectivity index (χ0v) is 25.7. The molecule has 1 unspecified atom stereocenters. The Balaban J connectivity index is 1.91. The molecule has 0 aliphatic rings. The number of carbonyl (C=O) groups is 2. The number of nitrogens with zero attached hydrogens (tertiary/aromatic N) is 2. The van der Waals surface area contributed by atoms with Crippen molar-refractivity contribution < 1.29 is 26.8 Å². The van der Waals surface area contributed by atoms with Crippen LogP contribution in [0.5, 0.6) is 0 Å². The molecule has 0 spiro atoms. The minimum absolute atomic E-state index is 0.0499. The van der Waals surface area contributed by atoms with E-state index < -0.39 is 33.2 Å². The Morgan fingerprint density at radius 2 is 1.60 bits per heavy atom. The van der Waals surface area contributed by atoms with Crippen molar-refractivity contribution in [3.05, 3.63) is 101 Å². The lowest BCUT2D eigenvalue weighted by Gasteiger charge is -2.34. The molecule has 1 atom stereocenters. The minimum atomic E-state index is -3.87. The fourth-order valence-electron chi connectivity index (χ4n) is 4.48. The Morgan fingerprint density at radius 1 is 0.929 bits per heavy atom. The van der Waals surface area contributed by atoms with Crippen molar-refractivity contribution in [2.24, 2.45) is 0 Å². The normalized spacial score (nSPS) is 12.5. The second-order valence-corrected chi connectivity index (χ2v) is 13.5. The quantitative estimate of drug-likeness (QED) is 0.281. The Kier molecular flexibility index (Phi) is 11.1. The summed E-state index contributed by atoms with van der Waals surface area (Å²) in [6.45, 7) is 5.49. The van der Waals surface area contributed by atoms with Crippen molar-refractivity contribution in [3.8, 4) is 0 Å². The highest BCUT2D eigenvalue weighted by molar-refractivity contribution is 7.92. The summed E-state index contributed by atoms with van der Waals surface area (Å²) in [5.74, 6) is -2.99. The van der Waals surface area contributed by atoms with Crippen molar-refractivity contribution in [1.29, 1.82) is 0 Å². The first-order chi connectivity index (χ1) is 19.6. The number of rotatable bonds is 12. The molecule has 42 heavy (non-hydrogen) atoms. The van der Waals surface area contributed by atoms with E-state index in [-0.39, 0.29) is 49.9 Å². The first kappa shape index (κ1) is 33.0. The summed E-state index contributed by atoms with van der Waals surface area (Å²) in [6.07, 6.45) is 1.16. The lowest BCUT2D eigenvalue weighted by molar-refractivity contribution is -0.142. The van der Waals surface area contributed by atoms with Crippen molar-refractivity contribution >= 4 is 39.1 Å². The smallest absolute Gasteiger partial charge is 0.243 e. The summed E-state index contributed by atoms with van der Waals surface area (Å²) < 4.78 is 53.3. The average molecular weight is 620 g/mol. The van der Waals surface area contributed by atoms with Gasteiger partial charge in [0.1, 0.15) is 6.04 Å². The zero-order valence-electron chi connectivity index (χ0n) is 24.1. The Morgan fingerprint density at radius 3 is 2.19 bits per heavy atom. The fourth-order valence-corrected chi connectivity index (χ4v) is 5.65. The Labute approximate surface area is 251 Å². The largest absolute Gasteiger partial charge is 0.350 e. The molecule has 0 saturated heterocycles. The van der Waals surface area contributed by atoms with Gasteiger partial charge in [-0.3, -0.25) is 13.9 Å². The maximum absolute atomic E-state index is 13.9. The summed E-state index contributed by atoms with van der Waals surface area (Å²) >= 11 is 6.21. The Hall–Kier alpha value is -3.50. The molecule has 7 nitrogen and oxygen atoms in total. The molecule has 0 radical (unpaired) electrons. The van der Waals surface area contributed by atoms with E-state index in [1.807, 2.05) is 57.2 Å². The number of nitrogens with one attached hydrogen (secondary N) is 1. The zero-order chi connectivity index (χ0) is 31.1. The van der Waals surface area contributed by atoms with Crippen LogP contribution in [0, 0.1) is 11.6 Å². The molecule has 11 heteroatoms. The van der Waals surface area contributed by atoms with Crippen molar-refractivity contribution in [3.63, 3.8) is 0 Å². The predicted octanol–water partition coefficient (Wildman–Crippen LogP) is 5.72. The molecule has 3 aromatic carbocycles. The van der Waals surface area contributed by atoms with Gasteiger partial charge in [-0.05, 0) is 62.6 Å². The SMILES string of the molecule is CC(C)(C)NC(=O)C(Cc1ccccc1)N(Cc1cccc(Cl)c1)C(=O)CCCN(c1ccc(F)c(F)c1)S(C)(=O)=O. The van der Waals surface area contributed by atoms with Crippen LogP contribution in [0.1, 0.15) is 44.7 Å². The van der Waals surface area contributed by atoms with Crippen molar-refractivity contribution in [2.75, 3.05) is 17.1 Å². The van der Waals surface area contributed by atoms with Crippen LogP contribution < -0.4 is 9.62 Å². The second kappa shape index (κ2) is 14.1. The van der Waals surface area contributed by atoms with E-state index in [0.717, 1.165) is 33.8 Å². The molecule has 226 valence electrons. The van der Waals surface area contributed by atoms with Gasteiger partial charge in [0.25, 0.3) is 0 Å². The van der Waals surface area contributed by atoms with Gasteiger partial charge in [0.2, 0.25) is 21.8 Å². The number of halogens is 3. The second-order valence-electron chi connectivity index (χ2n) is 11.1. The first-order valence-electron chi connectivity index (χ1n) is 13.5. The third-order valence-corrected chi connectivity index (χ3v) is 7.78. The van der Waals surface area contributed by atoms with Crippen LogP contribution in [-0.2, 0) is 32.6 Å². The van der Waals surface area contributed by atoms with E-state index in [0.29, 0.717) is 5.02 Å². The molecule has 3 rings (SSSR count). The highest BCUT2D eigenvalue weighted by Gasteiger charge is 2.32. The van der Waals surface area contributed by atoms with Crippen LogP contribution in [-0.4, -0.2) is 49.5 Å². The standard InChI is InChI=1S/C31H36ClF2N3O4S/c1-31(2,3)35-30(39)28(19-22-10-6-5-7-11-22)36(21-23-12-8-13-24(32)18-23)29(38)14-9-17-37(42(4,40)41)25-15-16-26(33)27(34)20-25/h5-8,10-13,15-16,18,20,28H,9,14,17,19,21H2,1-4H3,(H,35,39). The summed E-state index contributed by atoms with van der Waals surface area (Å²) in [7, 11) is -3.87. The summed E-state index contributed by atoms with van der Waals surface area (Å²) in [4.78, 5) is 29.0. The molecule has 0 fully saturated rings. The van der Waals surface area contributed by atoms with Gasteiger partial charge in [0.15, 0.2) is 11.6 Å². The Bertz CT molecular complexity index is 1500. The summed E-state index contributed by atoms with van der Waals surface area (Å²) in [5, 5.41) is 3.47. The monoisotopic (exact) mass is 619 g/mol. The van der Waals surface area contributed by atoms with E-state index in [2.05, 4.69) is 5.32 Å². The van der Waals surface area contributed by atoms with Gasteiger partial charge in [0.05, 0.1) is 11.9 Å². The topological polar surface area (TPSA) is 86.8 Å². The third-order valence-electron chi connectivity index (χ3n) is 6.35. The number of hydrogen-bond acceptors (Lipinski definition) is 4. The molecule has 3 aromatic rings. The fraction of sp³-hybridized carbons (Fsp3) is 0.355. The van der Waals surface area contributed by atoms with E-state index in [1.165, 1.54) is 11.0 Å². The number of sulfonamides is 1. The van der Waals surface area contributed by atoms with Crippen LogP contribution in [0.15, 0.2) is 72.8 Å². The van der Waals surface area contributed by atoms with Gasteiger partial charge < -0.3 is 10.2 Å². The van der Waals surface area contributed by atoms with Crippen molar-refractivity contribution in [1.82, 2.24) is 10.2 Å². The molecule has 0 aliphatic carbocycles. The van der Waals surface area contributed by atoms with Gasteiger partial charge in [-0.1, -0.05) is 54.1 Å². The number of anilines is 1. The van der Waals surface area contributed by atoms with Gasteiger partial charge in [0, 0.05) is 42.6 Å². The average Bonchev–Trinajstić information content (AvgIpc) is 2.89. The molecular weight excluding hydrogens is 584 g/mol. The van der Waals surface area contributed by atoms with E-state index in [4.69, 9.17) is 11.6 Å². The molecule has 0 heterocycles. The number of hydrogen-bond donors (Lipinski definition) is 1. The van der Waals surface area contributed by atoms with Crippen LogP contribution >= 0.6 is 11.6 Å². The van der Waals surface area contributed by atoms with Crippen LogP contribution in [0.4, 0.5) is 14.5 Å². The predicted molar refractivity (Wildman–Crippen MR) is 162 cm³/mol. The number of carbonyl (C=O) groups excluding carboxylic acids is 2. The highest BCUT2D eigenvalue weighted by atomic mass is 35.5.